The van der Waals surface area contributed by atoms with Crippen molar-refractivity contribution in [2.24, 2.45) is 0 Å². The lowest BCUT2D eigenvalue weighted by Crippen LogP contribution is -2.26. The molecule has 2 rings (SSSR count). The maximum atomic E-state index is 11.9. The molecule has 0 aliphatic rings. The molecule has 2 aromatic heterocycles. The van der Waals surface area contributed by atoms with Crippen molar-refractivity contribution in [3.05, 3.63) is 50.2 Å². The third kappa shape index (κ3) is 3.08. The highest BCUT2D eigenvalue weighted by Crippen LogP contribution is 2.09. The number of aromatic amines is 2. The van der Waals surface area contributed by atoms with E-state index in [4.69, 9.17) is 11.6 Å². The summed E-state index contributed by atoms with van der Waals surface area (Å²) >= 11 is 5.68. The minimum Gasteiger partial charge on any atom is -0.352 e. The molecule has 0 aromatic carbocycles. The second-order valence-electron chi connectivity index (χ2n) is 4.48. The van der Waals surface area contributed by atoms with Crippen LogP contribution in [0.15, 0.2) is 17.1 Å². The Hall–Kier alpha value is -2.08. The van der Waals surface area contributed by atoms with Gasteiger partial charge in [0.1, 0.15) is 5.02 Å². The number of hydrogen-bond acceptors (Lipinski definition) is 3. The number of nitrogens with zero attached hydrogens (tertiary/aromatic N) is 1. The van der Waals surface area contributed by atoms with Gasteiger partial charge in [0.05, 0.1) is 11.3 Å². The third-order valence-electron chi connectivity index (χ3n) is 3.06. The van der Waals surface area contributed by atoms with Crippen LogP contribution in [-0.4, -0.2) is 27.6 Å². The Morgan fingerprint density at radius 2 is 2.20 bits per heavy atom. The molecule has 2 aromatic rings. The van der Waals surface area contributed by atoms with E-state index in [0.29, 0.717) is 18.5 Å². The minimum absolute atomic E-state index is 0.000765. The molecule has 0 aliphatic heterocycles. The van der Waals surface area contributed by atoms with Gasteiger partial charge < -0.3 is 10.3 Å². The third-order valence-corrected chi connectivity index (χ3v) is 3.34. The zero-order chi connectivity index (χ0) is 14.7. The molecule has 0 bridgehead atoms. The number of pyridine rings is 1. The predicted molar refractivity (Wildman–Crippen MR) is 76.2 cm³/mol. The Morgan fingerprint density at radius 3 is 2.80 bits per heavy atom. The van der Waals surface area contributed by atoms with Crippen molar-refractivity contribution in [2.75, 3.05) is 6.54 Å². The Balaban J connectivity index is 1.96. The van der Waals surface area contributed by atoms with E-state index < -0.39 is 5.56 Å². The van der Waals surface area contributed by atoms with Gasteiger partial charge >= 0.3 is 0 Å². The topological polar surface area (TPSA) is 90.6 Å². The number of hydrogen-bond donors (Lipinski definition) is 3. The Morgan fingerprint density at radius 1 is 1.45 bits per heavy atom. The number of aromatic nitrogens is 3. The lowest BCUT2D eigenvalue weighted by Gasteiger charge is -2.05. The maximum absolute atomic E-state index is 11.9. The summed E-state index contributed by atoms with van der Waals surface area (Å²) in [7, 11) is 0. The fraction of sp³-hybridized carbons (Fsp3) is 0.308. The maximum Gasteiger partial charge on any atom is 0.266 e. The van der Waals surface area contributed by atoms with Gasteiger partial charge in [-0.2, -0.15) is 5.10 Å². The van der Waals surface area contributed by atoms with Crippen molar-refractivity contribution in [2.45, 2.75) is 20.3 Å². The van der Waals surface area contributed by atoms with E-state index in [0.717, 1.165) is 17.0 Å². The molecule has 0 unspecified atom stereocenters. The number of aryl methyl sites for hydroxylation is 2. The summed E-state index contributed by atoms with van der Waals surface area (Å²) in [6.45, 7) is 4.35. The van der Waals surface area contributed by atoms with Gasteiger partial charge in [-0.1, -0.05) is 11.6 Å². The summed E-state index contributed by atoms with van der Waals surface area (Å²) in [5, 5.41) is 9.78. The number of H-pyrrole nitrogens is 2. The zero-order valence-electron chi connectivity index (χ0n) is 11.2. The Labute approximate surface area is 120 Å². The highest BCUT2D eigenvalue weighted by molar-refractivity contribution is 6.30. The van der Waals surface area contributed by atoms with Gasteiger partial charge in [-0.25, -0.2) is 0 Å². The Kier molecular flexibility index (Phi) is 4.24. The van der Waals surface area contributed by atoms with Crippen molar-refractivity contribution in [1.29, 1.82) is 0 Å². The number of amides is 1. The predicted octanol–water partition coefficient (Wildman–Crippen LogP) is 1.34. The van der Waals surface area contributed by atoms with Crippen LogP contribution in [0.4, 0.5) is 0 Å². The number of carbonyl (C=O) groups is 1. The molecule has 2 heterocycles. The largest absolute Gasteiger partial charge is 0.352 e. The van der Waals surface area contributed by atoms with Gasteiger partial charge in [0.25, 0.3) is 11.5 Å². The average molecular weight is 295 g/mol. The molecular weight excluding hydrogens is 280 g/mol. The van der Waals surface area contributed by atoms with Gasteiger partial charge in [0, 0.05) is 18.4 Å². The average Bonchev–Trinajstić information content (AvgIpc) is 2.73. The quantitative estimate of drug-likeness (QED) is 0.795. The van der Waals surface area contributed by atoms with E-state index in [1.54, 1.807) is 0 Å². The van der Waals surface area contributed by atoms with Crippen molar-refractivity contribution >= 4 is 17.5 Å². The van der Waals surface area contributed by atoms with Gasteiger partial charge in [0.2, 0.25) is 0 Å². The normalized spacial score (nSPS) is 10.6. The first kappa shape index (κ1) is 14.3. The number of halogens is 1. The van der Waals surface area contributed by atoms with Gasteiger partial charge in [-0.3, -0.25) is 14.7 Å². The fourth-order valence-corrected chi connectivity index (χ4v) is 2.10. The summed E-state index contributed by atoms with van der Waals surface area (Å²) < 4.78 is 0. The van der Waals surface area contributed by atoms with E-state index in [9.17, 15) is 9.59 Å². The van der Waals surface area contributed by atoms with Gasteiger partial charge in [-0.15, -0.1) is 0 Å². The van der Waals surface area contributed by atoms with Crippen LogP contribution in [-0.2, 0) is 6.42 Å². The molecule has 0 atom stereocenters. The molecule has 7 heteroatoms. The van der Waals surface area contributed by atoms with Crippen molar-refractivity contribution < 1.29 is 4.79 Å². The van der Waals surface area contributed by atoms with Crippen LogP contribution in [0.5, 0.6) is 0 Å². The van der Waals surface area contributed by atoms with Crippen molar-refractivity contribution in [1.82, 2.24) is 20.5 Å². The fourth-order valence-electron chi connectivity index (χ4n) is 1.93. The highest BCUT2D eigenvalue weighted by atomic mass is 35.5. The molecule has 106 valence electrons. The first-order valence-corrected chi connectivity index (χ1v) is 6.53. The molecule has 0 fully saturated rings. The highest BCUT2D eigenvalue weighted by Gasteiger charge is 2.09. The molecule has 0 spiro atoms. The van der Waals surface area contributed by atoms with E-state index >= 15 is 0 Å². The molecule has 0 saturated carbocycles. The summed E-state index contributed by atoms with van der Waals surface area (Å²) in [6, 6.07) is 1.35. The van der Waals surface area contributed by atoms with E-state index in [1.807, 2.05) is 13.8 Å². The first-order valence-electron chi connectivity index (χ1n) is 6.16. The monoisotopic (exact) mass is 294 g/mol. The summed E-state index contributed by atoms with van der Waals surface area (Å²) in [6.07, 6.45) is 2.04. The van der Waals surface area contributed by atoms with Gasteiger partial charge in [0.15, 0.2) is 0 Å². The smallest absolute Gasteiger partial charge is 0.266 e. The molecule has 6 nitrogen and oxygen atoms in total. The van der Waals surface area contributed by atoms with Crippen LogP contribution < -0.4 is 10.9 Å². The van der Waals surface area contributed by atoms with Crippen LogP contribution in [0.3, 0.4) is 0 Å². The first-order chi connectivity index (χ1) is 9.49. The van der Waals surface area contributed by atoms with E-state index in [2.05, 4.69) is 20.5 Å². The van der Waals surface area contributed by atoms with Crippen LogP contribution in [0, 0.1) is 13.8 Å². The second kappa shape index (κ2) is 5.92. The van der Waals surface area contributed by atoms with Crippen molar-refractivity contribution in [3.63, 3.8) is 0 Å². The number of rotatable bonds is 4. The number of carbonyl (C=O) groups excluding carboxylic acids is 1. The van der Waals surface area contributed by atoms with Crippen LogP contribution >= 0.6 is 11.6 Å². The molecular formula is C13H15ClN4O2. The summed E-state index contributed by atoms with van der Waals surface area (Å²) in [4.78, 5) is 25.4. The molecule has 3 N–H and O–H groups in total. The SMILES string of the molecule is Cc1n[nH]c(C)c1CCNC(=O)c1c[nH]c(=O)c(Cl)c1. The van der Waals surface area contributed by atoms with Crippen LogP contribution in [0.2, 0.25) is 5.02 Å². The molecule has 0 saturated heterocycles. The van der Waals surface area contributed by atoms with E-state index in [1.165, 1.54) is 12.3 Å². The summed E-state index contributed by atoms with van der Waals surface area (Å²) in [5.41, 5.74) is 2.96. The Bertz CT molecular complexity index is 670. The van der Waals surface area contributed by atoms with Gasteiger partial charge in [-0.05, 0) is 31.9 Å². The molecule has 0 aliphatic carbocycles. The zero-order valence-corrected chi connectivity index (χ0v) is 12.0. The lowest BCUT2D eigenvalue weighted by molar-refractivity contribution is 0.0953. The lowest BCUT2D eigenvalue weighted by atomic mass is 10.1. The summed E-state index contributed by atoms with van der Waals surface area (Å²) in [5.74, 6) is -0.276. The second-order valence-corrected chi connectivity index (χ2v) is 4.89. The minimum atomic E-state index is -0.409. The number of nitrogens with one attached hydrogen (secondary N) is 3. The van der Waals surface area contributed by atoms with Crippen LogP contribution in [0.25, 0.3) is 0 Å². The molecule has 20 heavy (non-hydrogen) atoms. The van der Waals surface area contributed by atoms with E-state index in [-0.39, 0.29) is 10.9 Å². The van der Waals surface area contributed by atoms with Crippen molar-refractivity contribution in [3.8, 4) is 0 Å². The van der Waals surface area contributed by atoms with Crippen LogP contribution in [0.1, 0.15) is 27.3 Å². The molecule has 0 radical (unpaired) electrons. The standard InChI is InChI=1S/C13H15ClN4O2/c1-7-10(8(2)18-17-7)3-4-15-12(19)9-5-11(14)13(20)16-6-9/h5-6H,3-4H2,1-2H3,(H,15,19)(H,16,20)(H,17,18). The molecule has 1 amide bonds.